The maximum absolute atomic E-state index is 13.8. The SMILES string of the molecule is COC(=O)c1cc2c(OC)c(C)c(C)cc2c(-c2cc3cc(C)c(C)c(OC)c3c(CO[Si](C)(C)C(C)(C)C)n2)n1.COc1cc2c(c(OC)c1C)C[C@@H]1N[C@H]2[C@@H]2Cc3cc(C)c(C)c(OC)c3[C@H](CO)N2C1=O. The van der Waals surface area contributed by atoms with Crippen molar-refractivity contribution in [3.63, 3.8) is 0 Å². The first-order valence-electron chi connectivity index (χ1n) is 25.3. The zero-order valence-electron chi connectivity index (χ0n) is 46.6. The molecule has 3 aliphatic rings. The second-order valence-electron chi connectivity index (χ2n) is 21.6. The lowest BCUT2D eigenvalue weighted by atomic mass is 9.74. The molecule has 394 valence electrons. The molecule has 2 aromatic heterocycles. The lowest BCUT2D eigenvalue weighted by molar-refractivity contribution is -0.147. The Kier molecular flexibility index (Phi) is 14.9. The Bertz CT molecular complexity index is 3240. The van der Waals surface area contributed by atoms with Crippen LogP contribution >= 0.6 is 0 Å². The molecule has 6 aromatic rings. The van der Waals surface area contributed by atoms with Gasteiger partial charge in [0.15, 0.2) is 8.32 Å². The van der Waals surface area contributed by atoms with Crippen molar-refractivity contribution in [2.45, 2.75) is 131 Å². The third-order valence-corrected chi connectivity index (χ3v) is 21.0. The summed E-state index contributed by atoms with van der Waals surface area (Å²) >= 11 is 0. The Morgan fingerprint density at radius 1 is 0.743 bits per heavy atom. The van der Waals surface area contributed by atoms with Crippen LogP contribution in [0.2, 0.25) is 18.1 Å². The number of nitrogens with one attached hydrogen (secondary N) is 1. The van der Waals surface area contributed by atoms with Crippen molar-refractivity contribution in [1.29, 1.82) is 0 Å². The number of aryl methyl sites for hydroxylation is 3. The summed E-state index contributed by atoms with van der Waals surface area (Å²) in [6, 6.07) is 11.2. The molecule has 14 nitrogen and oxygen atoms in total. The van der Waals surface area contributed by atoms with E-state index in [9.17, 15) is 14.7 Å². The lowest BCUT2D eigenvalue weighted by Gasteiger charge is -2.54. The van der Waals surface area contributed by atoms with Gasteiger partial charge in [-0.3, -0.25) is 10.1 Å². The van der Waals surface area contributed by atoms with Gasteiger partial charge < -0.3 is 42.9 Å². The number of fused-ring (bicyclic) bond motifs is 9. The first-order valence-corrected chi connectivity index (χ1v) is 28.2. The van der Waals surface area contributed by atoms with Gasteiger partial charge >= 0.3 is 5.97 Å². The summed E-state index contributed by atoms with van der Waals surface area (Å²) in [6.07, 6.45) is 1.22. The van der Waals surface area contributed by atoms with Crippen LogP contribution in [0.1, 0.15) is 110 Å². The fourth-order valence-electron chi connectivity index (χ4n) is 11.2. The number of carbonyl (C=O) groups is 2. The summed E-state index contributed by atoms with van der Waals surface area (Å²) in [7, 11) is 7.59. The molecule has 5 heterocycles. The number of hydrogen-bond acceptors (Lipinski definition) is 13. The van der Waals surface area contributed by atoms with Crippen LogP contribution in [0, 0.1) is 48.5 Å². The van der Waals surface area contributed by atoms with Crippen LogP contribution in [-0.4, -0.2) is 102 Å². The number of aliphatic hydroxyl groups excluding tert-OH is 1. The number of hydrogen-bond donors (Lipinski definition) is 2. The minimum atomic E-state index is -2.10. The fourth-order valence-corrected chi connectivity index (χ4v) is 12.1. The van der Waals surface area contributed by atoms with E-state index in [1.54, 1.807) is 41.6 Å². The molecule has 9 rings (SSSR count). The number of aliphatic hydroxyl groups is 1. The van der Waals surface area contributed by atoms with E-state index in [-0.39, 0.29) is 41.4 Å². The summed E-state index contributed by atoms with van der Waals surface area (Å²) in [4.78, 5) is 38.4. The maximum atomic E-state index is 13.8. The molecular formula is C59H74N4O10Si. The van der Waals surface area contributed by atoms with Crippen molar-refractivity contribution in [3.05, 3.63) is 109 Å². The van der Waals surface area contributed by atoms with Crippen LogP contribution < -0.4 is 29.0 Å². The van der Waals surface area contributed by atoms with Crippen molar-refractivity contribution in [1.82, 2.24) is 20.2 Å². The van der Waals surface area contributed by atoms with Crippen molar-refractivity contribution < 1.29 is 47.5 Å². The van der Waals surface area contributed by atoms with E-state index in [0.29, 0.717) is 36.6 Å². The van der Waals surface area contributed by atoms with Crippen molar-refractivity contribution >= 4 is 41.7 Å². The highest BCUT2D eigenvalue weighted by Crippen LogP contribution is 2.51. The molecule has 0 saturated carbocycles. The summed E-state index contributed by atoms with van der Waals surface area (Å²) in [5.41, 5.74) is 13.8. The molecule has 0 spiro atoms. The number of ether oxygens (including phenoxy) is 6. The van der Waals surface area contributed by atoms with Gasteiger partial charge in [-0.05, 0) is 147 Å². The molecule has 3 aliphatic heterocycles. The molecule has 1 fully saturated rings. The first kappa shape index (κ1) is 54.0. The average molecular weight is 1030 g/mol. The minimum absolute atomic E-state index is 0.0161. The van der Waals surface area contributed by atoms with Gasteiger partial charge in [-0.2, -0.15) is 0 Å². The van der Waals surface area contributed by atoms with E-state index in [2.05, 4.69) is 84.2 Å². The largest absolute Gasteiger partial charge is 0.496 e. The van der Waals surface area contributed by atoms with E-state index < -0.39 is 20.3 Å². The molecular weight excluding hydrogens is 953 g/mol. The van der Waals surface area contributed by atoms with Gasteiger partial charge in [0.25, 0.3) is 0 Å². The topological polar surface area (TPSA) is 160 Å². The molecule has 1 amide bonds. The number of aromatic nitrogens is 2. The first-order chi connectivity index (χ1) is 35.0. The third kappa shape index (κ3) is 9.02. The van der Waals surface area contributed by atoms with E-state index in [1.165, 1.54) is 7.11 Å². The number of rotatable bonds is 11. The Morgan fingerprint density at radius 2 is 1.36 bits per heavy atom. The minimum Gasteiger partial charge on any atom is -0.496 e. The van der Waals surface area contributed by atoms with Gasteiger partial charge in [0.1, 0.15) is 34.4 Å². The summed E-state index contributed by atoms with van der Waals surface area (Å²) in [5.74, 6) is 3.33. The zero-order chi connectivity index (χ0) is 54.0. The lowest BCUT2D eigenvalue weighted by Crippen LogP contribution is -2.66. The highest BCUT2D eigenvalue weighted by molar-refractivity contribution is 6.74. The van der Waals surface area contributed by atoms with Crippen LogP contribution in [0.5, 0.6) is 28.7 Å². The van der Waals surface area contributed by atoms with Gasteiger partial charge in [0.05, 0.1) is 97.1 Å². The highest BCUT2D eigenvalue weighted by Gasteiger charge is 2.52. The number of pyridine rings is 2. The molecule has 0 unspecified atom stereocenters. The number of amides is 1. The monoisotopic (exact) mass is 1030 g/mol. The van der Waals surface area contributed by atoms with Gasteiger partial charge in [-0.1, -0.05) is 32.9 Å². The summed E-state index contributed by atoms with van der Waals surface area (Å²) < 4.78 is 40.8. The average Bonchev–Trinajstić information content (AvgIpc) is 3.37. The maximum Gasteiger partial charge on any atom is 0.356 e. The van der Waals surface area contributed by atoms with Crippen molar-refractivity contribution in [3.8, 4) is 40.1 Å². The predicted octanol–water partition coefficient (Wildman–Crippen LogP) is 10.7. The second-order valence-corrected chi connectivity index (χ2v) is 26.4. The molecule has 74 heavy (non-hydrogen) atoms. The number of nitrogens with zero attached hydrogens (tertiary/aromatic N) is 3. The highest BCUT2D eigenvalue weighted by atomic mass is 28.4. The number of methoxy groups -OCH3 is 6. The summed E-state index contributed by atoms with van der Waals surface area (Å²) in [6.45, 7) is 25.6. The summed E-state index contributed by atoms with van der Waals surface area (Å²) in [5, 5.41) is 17.7. The standard InChI is InChI=1S/C33H42N2O5Si.C26H32N2O5/c1-18-13-22-15-25(34-27(28(22)31(38-9)21(18)4)17-40-41(11,12)33(5,6)7)29-23-14-19(2)20(3)30(37-8)24(23)16-26(35-29)32(36)39-10;1-12-7-15-8-19-23-16-10-21(31-4)14(3)24(32-5)17(16)9-18(27-23)26(30)28(19)20(11-29)22(15)25(33-6)13(12)2/h13-16H,17H2,1-12H3;7,10,18-20,23,27,29H,8-9,11H2,1-6H3/t;18-,19-,20-,23+/m.0/s1. The Morgan fingerprint density at radius 3 is 1.97 bits per heavy atom. The van der Waals surface area contributed by atoms with E-state index in [1.807, 2.05) is 38.7 Å². The fraction of sp³-hybridized carbons (Fsp3) is 0.458. The van der Waals surface area contributed by atoms with E-state index >= 15 is 0 Å². The van der Waals surface area contributed by atoms with Crippen molar-refractivity contribution in [2.24, 2.45) is 0 Å². The van der Waals surface area contributed by atoms with Crippen LogP contribution in [0.15, 0.2) is 36.4 Å². The third-order valence-electron chi connectivity index (χ3n) is 16.5. The Labute approximate surface area is 437 Å². The van der Waals surface area contributed by atoms with Gasteiger partial charge in [-0.25, -0.2) is 14.8 Å². The van der Waals surface area contributed by atoms with Gasteiger partial charge in [0.2, 0.25) is 5.91 Å². The Balaban J connectivity index is 0.000000201. The van der Waals surface area contributed by atoms with Gasteiger partial charge in [0, 0.05) is 39.3 Å². The molecule has 4 atom stereocenters. The van der Waals surface area contributed by atoms with E-state index in [4.69, 9.17) is 42.8 Å². The smallest absolute Gasteiger partial charge is 0.356 e. The van der Waals surface area contributed by atoms with Crippen LogP contribution in [0.3, 0.4) is 0 Å². The van der Waals surface area contributed by atoms with Crippen LogP contribution in [-0.2, 0) is 33.4 Å². The number of carbonyl (C=O) groups excluding carboxylic acids is 2. The number of benzene rings is 4. The molecule has 1 saturated heterocycles. The number of esters is 1. The number of piperazine rings is 1. The molecule has 0 aliphatic carbocycles. The molecule has 2 bridgehead atoms. The molecule has 0 radical (unpaired) electrons. The Hall–Kier alpha value is -6.26. The second kappa shape index (κ2) is 20.5. The van der Waals surface area contributed by atoms with Gasteiger partial charge in [-0.15, -0.1) is 0 Å². The molecule has 15 heteroatoms. The van der Waals surface area contributed by atoms with Crippen molar-refractivity contribution in [2.75, 3.05) is 49.3 Å². The van der Waals surface area contributed by atoms with E-state index in [0.717, 1.165) is 111 Å². The van der Waals surface area contributed by atoms with Crippen LogP contribution in [0.4, 0.5) is 0 Å². The molecule has 4 aromatic carbocycles. The molecule has 2 N–H and O–H groups in total. The quantitative estimate of drug-likeness (QED) is 0.0933. The van der Waals surface area contributed by atoms with Crippen LogP contribution in [0.25, 0.3) is 32.9 Å². The zero-order valence-corrected chi connectivity index (χ0v) is 47.6. The predicted molar refractivity (Wildman–Crippen MR) is 292 cm³/mol. The normalized spacial score (nSPS) is 18.0.